The molecular formula is C20H19N3O. The van der Waals surface area contributed by atoms with E-state index in [2.05, 4.69) is 9.97 Å². The average Bonchev–Trinajstić information content (AvgIpc) is 3.26. The van der Waals surface area contributed by atoms with Crippen LogP contribution in [0.4, 0.5) is 0 Å². The van der Waals surface area contributed by atoms with Gasteiger partial charge in [-0.05, 0) is 36.6 Å². The number of fused-ring (bicyclic) bond motifs is 1. The summed E-state index contributed by atoms with van der Waals surface area (Å²) in [6.07, 6.45) is 5.49. The Morgan fingerprint density at radius 1 is 1.12 bits per heavy atom. The van der Waals surface area contributed by atoms with Crippen LogP contribution in [0.1, 0.15) is 30.3 Å². The third-order valence-corrected chi connectivity index (χ3v) is 4.48. The first kappa shape index (κ1) is 14.7. The number of hydrogen-bond acceptors (Lipinski definition) is 2. The lowest BCUT2D eigenvalue weighted by atomic mass is 10.2. The number of aromatic nitrogens is 2. The fourth-order valence-electron chi connectivity index (χ4n) is 3.27. The summed E-state index contributed by atoms with van der Waals surface area (Å²) in [6, 6.07) is 17.9. The lowest BCUT2D eigenvalue weighted by molar-refractivity contribution is -0.126. The Kier molecular flexibility index (Phi) is 3.87. The maximum atomic E-state index is 12.6. The Hall–Kier alpha value is -2.88. The number of amides is 1. The van der Waals surface area contributed by atoms with Crippen LogP contribution in [0.2, 0.25) is 0 Å². The summed E-state index contributed by atoms with van der Waals surface area (Å²) in [6.45, 7) is 0.777. The van der Waals surface area contributed by atoms with E-state index in [4.69, 9.17) is 0 Å². The van der Waals surface area contributed by atoms with Gasteiger partial charge in [0.15, 0.2) is 0 Å². The molecule has 0 spiro atoms. The predicted octanol–water partition coefficient (Wildman–Crippen LogP) is 3.94. The van der Waals surface area contributed by atoms with Gasteiger partial charge in [0.1, 0.15) is 5.82 Å². The quantitative estimate of drug-likeness (QED) is 0.744. The van der Waals surface area contributed by atoms with Crippen LogP contribution >= 0.6 is 0 Å². The molecule has 0 saturated carbocycles. The van der Waals surface area contributed by atoms with E-state index in [-0.39, 0.29) is 11.9 Å². The van der Waals surface area contributed by atoms with Crippen molar-refractivity contribution in [3.63, 3.8) is 0 Å². The molecule has 1 fully saturated rings. The summed E-state index contributed by atoms with van der Waals surface area (Å²) >= 11 is 0. The smallest absolute Gasteiger partial charge is 0.247 e. The molecule has 4 nitrogen and oxygen atoms in total. The zero-order valence-electron chi connectivity index (χ0n) is 13.4. The molecule has 1 aromatic heterocycles. The Morgan fingerprint density at radius 2 is 1.92 bits per heavy atom. The summed E-state index contributed by atoms with van der Waals surface area (Å²) in [7, 11) is 0. The molecule has 0 bridgehead atoms. The first-order valence-corrected chi connectivity index (χ1v) is 8.30. The molecule has 4 rings (SSSR count). The molecule has 2 heterocycles. The van der Waals surface area contributed by atoms with Crippen LogP contribution in [-0.2, 0) is 4.79 Å². The third kappa shape index (κ3) is 2.83. The fraction of sp³-hybridized carbons (Fsp3) is 0.200. The molecule has 0 radical (unpaired) electrons. The number of hydrogen-bond donors (Lipinski definition) is 1. The van der Waals surface area contributed by atoms with Gasteiger partial charge in [-0.15, -0.1) is 0 Å². The van der Waals surface area contributed by atoms with Gasteiger partial charge in [-0.1, -0.05) is 42.5 Å². The van der Waals surface area contributed by atoms with Crippen LogP contribution < -0.4 is 0 Å². The van der Waals surface area contributed by atoms with Crippen LogP contribution in [0, 0.1) is 0 Å². The molecule has 1 aliphatic rings. The predicted molar refractivity (Wildman–Crippen MR) is 95.3 cm³/mol. The number of rotatable bonds is 3. The molecule has 3 aromatic rings. The zero-order valence-corrected chi connectivity index (χ0v) is 13.4. The van der Waals surface area contributed by atoms with Crippen molar-refractivity contribution in [2.45, 2.75) is 18.9 Å². The van der Waals surface area contributed by atoms with Gasteiger partial charge in [-0.3, -0.25) is 4.79 Å². The van der Waals surface area contributed by atoms with E-state index in [0.29, 0.717) is 0 Å². The summed E-state index contributed by atoms with van der Waals surface area (Å²) in [5, 5.41) is 0. The topological polar surface area (TPSA) is 49.0 Å². The number of imidazole rings is 1. The Morgan fingerprint density at radius 3 is 2.75 bits per heavy atom. The molecule has 1 amide bonds. The van der Waals surface area contributed by atoms with Crippen molar-refractivity contribution >= 4 is 23.0 Å². The average molecular weight is 317 g/mol. The lowest BCUT2D eigenvalue weighted by Crippen LogP contribution is -2.29. The van der Waals surface area contributed by atoms with Gasteiger partial charge in [0.25, 0.3) is 0 Å². The zero-order chi connectivity index (χ0) is 16.4. The highest BCUT2D eigenvalue weighted by Gasteiger charge is 2.30. The van der Waals surface area contributed by atoms with Gasteiger partial charge in [-0.25, -0.2) is 4.98 Å². The maximum absolute atomic E-state index is 12.6. The van der Waals surface area contributed by atoms with Crippen molar-refractivity contribution in [1.82, 2.24) is 14.9 Å². The molecule has 1 N–H and O–H groups in total. The largest absolute Gasteiger partial charge is 0.340 e. The van der Waals surface area contributed by atoms with Crippen molar-refractivity contribution in [3.05, 3.63) is 72.1 Å². The number of para-hydroxylation sites is 2. The molecule has 1 aliphatic heterocycles. The first-order valence-electron chi connectivity index (χ1n) is 8.30. The molecule has 120 valence electrons. The second-order valence-corrected chi connectivity index (χ2v) is 6.07. The van der Waals surface area contributed by atoms with Gasteiger partial charge >= 0.3 is 0 Å². The number of benzene rings is 2. The van der Waals surface area contributed by atoms with Crippen LogP contribution in [0.25, 0.3) is 17.1 Å². The molecule has 24 heavy (non-hydrogen) atoms. The van der Waals surface area contributed by atoms with Crippen LogP contribution in [-0.4, -0.2) is 27.3 Å². The van der Waals surface area contributed by atoms with Gasteiger partial charge in [0, 0.05) is 12.6 Å². The molecule has 1 saturated heterocycles. The van der Waals surface area contributed by atoms with Crippen molar-refractivity contribution in [2.24, 2.45) is 0 Å². The van der Waals surface area contributed by atoms with E-state index in [1.807, 2.05) is 65.6 Å². The van der Waals surface area contributed by atoms with Gasteiger partial charge < -0.3 is 9.88 Å². The fourth-order valence-corrected chi connectivity index (χ4v) is 3.27. The number of carbonyl (C=O) groups is 1. The number of H-pyrrole nitrogens is 1. The third-order valence-electron chi connectivity index (χ3n) is 4.48. The monoisotopic (exact) mass is 317 g/mol. The Labute approximate surface area is 140 Å². The van der Waals surface area contributed by atoms with Crippen LogP contribution in [0.3, 0.4) is 0 Å². The van der Waals surface area contributed by atoms with E-state index in [9.17, 15) is 4.79 Å². The first-order chi connectivity index (χ1) is 11.8. The Bertz CT molecular complexity index is 849. The summed E-state index contributed by atoms with van der Waals surface area (Å²) in [4.78, 5) is 22.6. The normalized spacial score (nSPS) is 17.8. The SMILES string of the molecule is O=C(/C=C/c1ccccc1)N1CCCC1c1nc2ccccc2[nH]1. The van der Waals surface area contributed by atoms with Crippen molar-refractivity contribution in [1.29, 1.82) is 0 Å². The van der Waals surface area contributed by atoms with Crippen LogP contribution in [0.5, 0.6) is 0 Å². The lowest BCUT2D eigenvalue weighted by Gasteiger charge is -2.21. The standard InChI is InChI=1S/C20H19N3O/c24-19(13-12-15-7-2-1-3-8-15)23-14-6-11-18(23)20-21-16-9-4-5-10-17(16)22-20/h1-5,7-10,12-13,18H,6,11,14H2,(H,21,22)/b13-12+. The van der Waals surface area contributed by atoms with E-state index in [1.165, 1.54) is 0 Å². The second-order valence-electron chi connectivity index (χ2n) is 6.07. The van der Waals surface area contributed by atoms with E-state index in [1.54, 1.807) is 6.08 Å². The van der Waals surface area contributed by atoms with Crippen molar-refractivity contribution in [3.8, 4) is 0 Å². The number of nitrogens with one attached hydrogen (secondary N) is 1. The summed E-state index contributed by atoms with van der Waals surface area (Å²) < 4.78 is 0. The minimum absolute atomic E-state index is 0.0327. The van der Waals surface area contributed by atoms with Crippen molar-refractivity contribution in [2.75, 3.05) is 6.54 Å². The number of likely N-dealkylation sites (tertiary alicyclic amines) is 1. The van der Waals surface area contributed by atoms with Gasteiger partial charge in [0.05, 0.1) is 17.1 Å². The molecule has 1 atom stereocenters. The highest BCUT2D eigenvalue weighted by Crippen LogP contribution is 2.31. The van der Waals surface area contributed by atoms with Crippen LogP contribution in [0.15, 0.2) is 60.7 Å². The minimum atomic E-state index is 0.0327. The summed E-state index contributed by atoms with van der Waals surface area (Å²) in [5.74, 6) is 0.928. The molecule has 0 aliphatic carbocycles. The van der Waals surface area contributed by atoms with Gasteiger partial charge in [0.2, 0.25) is 5.91 Å². The highest BCUT2D eigenvalue weighted by molar-refractivity contribution is 5.92. The highest BCUT2D eigenvalue weighted by atomic mass is 16.2. The molecular weight excluding hydrogens is 298 g/mol. The van der Waals surface area contributed by atoms with E-state index >= 15 is 0 Å². The number of aromatic amines is 1. The minimum Gasteiger partial charge on any atom is -0.340 e. The maximum Gasteiger partial charge on any atom is 0.247 e. The van der Waals surface area contributed by atoms with E-state index in [0.717, 1.165) is 41.8 Å². The van der Waals surface area contributed by atoms with E-state index < -0.39 is 0 Å². The molecule has 2 aromatic carbocycles. The van der Waals surface area contributed by atoms with Gasteiger partial charge in [-0.2, -0.15) is 0 Å². The number of carbonyl (C=O) groups excluding carboxylic acids is 1. The summed E-state index contributed by atoms with van der Waals surface area (Å²) in [5.41, 5.74) is 3.00. The molecule has 4 heteroatoms. The van der Waals surface area contributed by atoms with Crippen molar-refractivity contribution < 1.29 is 4.79 Å². The second kappa shape index (κ2) is 6.32. The Balaban J connectivity index is 1.56. The number of nitrogens with zero attached hydrogens (tertiary/aromatic N) is 2. The molecule has 1 unspecified atom stereocenters.